The molecule has 7 nitrogen and oxygen atoms in total. The average molecular weight is 287 g/mol. The van der Waals surface area contributed by atoms with Crippen molar-refractivity contribution in [3.8, 4) is 0 Å². The number of carbonyl (C=O) groups is 1. The number of hydrogen-bond donors (Lipinski definition) is 1. The quantitative estimate of drug-likeness (QED) is 0.928. The minimum absolute atomic E-state index is 0.00523. The van der Waals surface area contributed by atoms with Crippen LogP contribution in [0.3, 0.4) is 0 Å². The lowest BCUT2D eigenvalue weighted by Gasteiger charge is -2.11. The van der Waals surface area contributed by atoms with Crippen molar-refractivity contribution in [1.82, 2.24) is 10.2 Å². The van der Waals surface area contributed by atoms with Crippen LogP contribution in [0.1, 0.15) is 21.8 Å². The first-order chi connectivity index (χ1) is 10.2. The minimum atomic E-state index is -0.319. The summed E-state index contributed by atoms with van der Waals surface area (Å²) in [5.74, 6) is 0.193. The molecule has 3 rings (SSSR count). The number of anilines is 1. The van der Waals surface area contributed by atoms with Gasteiger partial charge in [0.15, 0.2) is 0 Å². The van der Waals surface area contributed by atoms with E-state index in [1.54, 1.807) is 12.1 Å². The number of amides is 1. The molecule has 0 aliphatic carbocycles. The van der Waals surface area contributed by atoms with E-state index in [1.807, 2.05) is 19.1 Å². The Labute approximate surface area is 120 Å². The van der Waals surface area contributed by atoms with Crippen LogP contribution in [0.5, 0.6) is 0 Å². The van der Waals surface area contributed by atoms with Gasteiger partial charge in [-0.05, 0) is 19.1 Å². The molecule has 2 aromatic rings. The summed E-state index contributed by atoms with van der Waals surface area (Å²) in [5.41, 5.74) is 1.59. The second-order valence-electron chi connectivity index (χ2n) is 4.43. The summed E-state index contributed by atoms with van der Waals surface area (Å²) in [7, 11) is 0. The molecular formula is C14H13N3O4. The predicted octanol–water partition coefficient (Wildman–Crippen LogP) is 1.98. The summed E-state index contributed by atoms with van der Waals surface area (Å²) in [6.45, 7) is 2.85. The fraction of sp³-hybridized carbons (Fsp3) is 0.214. The number of aryl methyl sites for hydroxylation is 1. The number of nitrogens with one attached hydrogen (secondary N) is 1. The lowest BCUT2D eigenvalue weighted by Crippen LogP contribution is -2.12. The Morgan fingerprint density at radius 2 is 2.00 bits per heavy atom. The SMILES string of the molecule is Cc1ccc(C(=O)Nc2nnc(C3=COCCO3)o2)cc1. The molecule has 0 spiro atoms. The normalized spacial score (nSPS) is 13.9. The second kappa shape index (κ2) is 5.66. The zero-order valence-corrected chi connectivity index (χ0v) is 11.3. The van der Waals surface area contributed by atoms with Gasteiger partial charge in [-0.25, -0.2) is 0 Å². The Balaban J connectivity index is 1.70. The first kappa shape index (κ1) is 13.2. The molecule has 0 unspecified atom stereocenters. The van der Waals surface area contributed by atoms with Crippen molar-refractivity contribution in [3.05, 3.63) is 47.5 Å². The van der Waals surface area contributed by atoms with Crippen molar-refractivity contribution in [3.63, 3.8) is 0 Å². The van der Waals surface area contributed by atoms with Gasteiger partial charge in [0.1, 0.15) is 19.5 Å². The highest BCUT2D eigenvalue weighted by atomic mass is 16.6. The van der Waals surface area contributed by atoms with Gasteiger partial charge in [0.05, 0.1) is 0 Å². The smallest absolute Gasteiger partial charge is 0.322 e. The van der Waals surface area contributed by atoms with Crippen LogP contribution in [-0.4, -0.2) is 29.3 Å². The van der Waals surface area contributed by atoms with Crippen LogP contribution in [0.2, 0.25) is 0 Å². The van der Waals surface area contributed by atoms with Crippen molar-refractivity contribution < 1.29 is 18.7 Å². The number of aromatic nitrogens is 2. The van der Waals surface area contributed by atoms with E-state index in [4.69, 9.17) is 13.9 Å². The minimum Gasteiger partial charge on any atom is -0.494 e. The molecule has 0 radical (unpaired) electrons. The molecule has 1 N–H and O–H groups in total. The fourth-order valence-corrected chi connectivity index (χ4v) is 1.73. The Hall–Kier alpha value is -2.83. The van der Waals surface area contributed by atoms with Gasteiger partial charge < -0.3 is 13.9 Å². The molecule has 1 aromatic heterocycles. The lowest BCUT2D eigenvalue weighted by atomic mass is 10.1. The Morgan fingerprint density at radius 1 is 1.19 bits per heavy atom. The highest BCUT2D eigenvalue weighted by molar-refractivity contribution is 6.03. The largest absolute Gasteiger partial charge is 0.494 e. The Kier molecular flexibility index (Phi) is 3.55. The van der Waals surface area contributed by atoms with E-state index < -0.39 is 0 Å². The zero-order valence-electron chi connectivity index (χ0n) is 11.3. The van der Waals surface area contributed by atoms with Crippen molar-refractivity contribution in [2.75, 3.05) is 18.5 Å². The van der Waals surface area contributed by atoms with Crippen LogP contribution in [0, 0.1) is 6.92 Å². The third-order valence-corrected chi connectivity index (χ3v) is 2.82. The van der Waals surface area contributed by atoms with Gasteiger partial charge in [-0.2, -0.15) is 0 Å². The third-order valence-electron chi connectivity index (χ3n) is 2.82. The van der Waals surface area contributed by atoms with Gasteiger partial charge in [0.25, 0.3) is 11.8 Å². The predicted molar refractivity (Wildman–Crippen MR) is 73.3 cm³/mol. The molecule has 1 aromatic carbocycles. The zero-order chi connectivity index (χ0) is 14.7. The first-order valence-electron chi connectivity index (χ1n) is 6.39. The molecular weight excluding hydrogens is 274 g/mol. The van der Waals surface area contributed by atoms with Crippen LogP contribution in [0.25, 0.3) is 5.76 Å². The maximum Gasteiger partial charge on any atom is 0.322 e. The molecule has 21 heavy (non-hydrogen) atoms. The van der Waals surface area contributed by atoms with Gasteiger partial charge in [0, 0.05) is 5.56 Å². The molecule has 1 amide bonds. The standard InChI is InChI=1S/C14H13N3O4/c1-9-2-4-10(5-3-9)12(18)15-14-17-16-13(21-14)11-8-19-6-7-20-11/h2-5,8H,6-7H2,1H3,(H,15,17,18). The van der Waals surface area contributed by atoms with E-state index in [9.17, 15) is 4.79 Å². The summed E-state index contributed by atoms with van der Waals surface area (Å²) in [6, 6.07) is 7.16. The van der Waals surface area contributed by atoms with E-state index in [2.05, 4.69) is 15.5 Å². The van der Waals surface area contributed by atoms with Crippen molar-refractivity contribution in [2.45, 2.75) is 6.92 Å². The van der Waals surface area contributed by atoms with Crippen molar-refractivity contribution in [1.29, 1.82) is 0 Å². The first-order valence-corrected chi connectivity index (χ1v) is 6.39. The number of carbonyl (C=O) groups excluding carboxylic acids is 1. The number of ether oxygens (including phenoxy) is 2. The molecule has 7 heteroatoms. The molecule has 2 heterocycles. The van der Waals surface area contributed by atoms with Crippen LogP contribution in [0.4, 0.5) is 6.01 Å². The molecule has 1 aliphatic heterocycles. The lowest BCUT2D eigenvalue weighted by molar-refractivity contribution is 0.102. The van der Waals surface area contributed by atoms with Crippen LogP contribution >= 0.6 is 0 Å². The number of hydrogen-bond acceptors (Lipinski definition) is 6. The van der Waals surface area contributed by atoms with E-state index in [0.29, 0.717) is 24.5 Å². The summed E-state index contributed by atoms with van der Waals surface area (Å²) in [4.78, 5) is 12.0. The summed E-state index contributed by atoms with van der Waals surface area (Å²) >= 11 is 0. The van der Waals surface area contributed by atoms with E-state index in [0.717, 1.165) is 5.56 Å². The van der Waals surface area contributed by atoms with Gasteiger partial charge in [-0.3, -0.25) is 10.1 Å². The van der Waals surface area contributed by atoms with Crippen molar-refractivity contribution in [2.24, 2.45) is 0 Å². The third kappa shape index (κ3) is 3.02. The van der Waals surface area contributed by atoms with Crippen LogP contribution in [-0.2, 0) is 9.47 Å². The average Bonchev–Trinajstić information content (AvgIpc) is 2.97. The van der Waals surface area contributed by atoms with Gasteiger partial charge >= 0.3 is 6.01 Å². The molecule has 0 saturated carbocycles. The maximum absolute atomic E-state index is 12.0. The molecule has 0 fully saturated rings. The van der Waals surface area contributed by atoms with E-state index in [1.165, 1.54) is 6.26 Å². The summed E-state index contributed by atoms with van der Waals surface area (Å²) < 4.78 is 15.7. The Bertz CT molecular complexity index is 676. The molecule has 1 aliphatic rings. The molecule has 0 saturated heterocycles. The molecule has 108 valence electrons. The van der Waals surface area contributed by atoms with Gasteiger partial charge in [-0.1, -0.05) is 22.8 Å². The van der Waals surface area contributed by atoms with Gasteiger partial charge in [0.2, 0.25) is 5.76 Å². The Morgan fingerprint density at radius 3 is 2.71 bits per heavy atom. The van der Waals surface area contributed by atoms with Crippen LogP contribution < -0.4 is 5.32 Å². The number of benzene rings is 1. The monoisotopic (exact) mass is 287 g/mol. The maximum atomic E-state index is 12.0. The second-order valence-corrected chi connectivity index (χ2v) is 4.43. The highest BCUT2D eigenvalue weighted by Crippen LogP contribution is 2.19. The van der Waals surface area contributed by atoms with Crippen molar-refractivity contribution >= 4 is 17.7 Å². The van der Waals surface area contributed by atoms with Crippen LogP contribution in [0.15, 0.2) is 34.9 Å². The van der Waals surface area contributed by atoms with Gasteiger partial charge in [-0.15, -0.1) is 5.10 Å². The topological polar surface area (TPSA) is 86.5 Å². The molecule has 0 atom stereocenters. The van der Waals surface area contributed by atoms with E-state index in [-0.39, 0.29) is 17.8 Å². The molecule has 0 bridgehead atoms. The van der Waals surface area contributed by atoms with E-state index >= 15 is 0 Å². The highest BCUT2D eigenvalue weighted by Gasteiger charge is 2.17. The fourth-order valence-electron chi connectivity index (χ4n) is 1.73. The summed E-state index contributed by atoms with van der Waals surface area (Å²) in [6.07, 6.45) is 1.41. The number of nitrogens with zero attached hydrogens (tertiary/aromatic N) is 2. The number of rotatable bonds is 3. The summed E-state index contributed by atoms with van der Waals surface area (Å²) in [5, 5.41) is 10.1.